The van der Waals surface area contributed by atoms with Crippen LogP contribution in [0, 0.1) is 5.92 Å². The van der Waals surface area contributed by atoms with Crippen LogP contribution in [-0.4, -0.2) is 11.5 Å². The minimum Gasteiger partial charge on any atom is -0.370 e. The lowest BCUT2D eigenvalue weighted by atomic mass is 10.2. The van der Waals surface area contributed by atoms with Crippen LogP contribution >= 0.6 is 0 Å². The zero-order valence-electron chi connectivity index (χ0n) is 12.9. The lowest BCUT2D eigenvalue weighted by Gasteiger charge is -2.08. The first-order valence-electron chi connectivity index (χ1n) is 7.51. The van der Waals surface area contributed by atoms with Gasteiger partial charge in [0.15, 0.2) is 0 Å². The maximum Gasteiger partial charge on any atom is 0.0892 e. The van der Waals surface area contributed by atoms with Gasteiger partial charge >= 0.3 is 0 Å². The van der Waals surface area contributed by atoms with E-state index in [-0.39, 0.29) is 0 Å². The Bertz CT molecular complexity index is 526. The van der Waals surface area contributed by atoms with Crippen molar-refractivity contribution in [2.75, 3.05) is 6.54 Å². The highest BCUT2D eigenvalue weighted by Crippen LogP contribution is 2.05. The molecule has 3 nitrogen and oxygen atoms in total. The topological polar surface area (TPSA) is 34.1 Å². The predicted molar refractivity (Wildman–Crippen MR) is 85.7 cm³/mol. The molecule has 2 aromatic rings. The monoisotopic (exact) mass is 284 g/mol. The average Bonchev–Trinajstić information content (AvgIpc) is 2.48. The van der Waals surface area contributed by atoms with Crippen molar-refractivity contribution in [2.24, 2.45) is 5.92 Å². The van der Waals surface area contributed by atoms with E-state index in [9.17, 15) is 0 Å². The number of ether oxygens (including phenoxy) is 1. The van der Waals surface area contributed by atoms with Crippen LogP contribution in [0.1, 0.15) is 30.8 Å². The normalized spacial score (nSPS) is 11.0. The summed E-state index contributed by atoms with van der Waals surface area (Å²) in [6, 6.07) is 16.3. The van der Waals surface area contributed by atoms with Crippen molar-refractivity contribution in [1.29, 1.82) is 0 Å². The van der Waals surface area contributed by atoms with Crippen molar-refractivity contribution in [3.63, 3.8) is 0 Å². The molecule has 0 bridgehead atoms. The molecule has 0 aliphatic heterocycles. The first-order valence-corrected chi connectivity index (χ1v) is 7.51. The van der Waals surface area contributed by atoms with Gasteiger partial charge in [0.25, 0.3) is 0 Å². The number of hydrogen-bond donors (Lipinski definition) is 1. The highest BCUT2D eigenvalue weighted by atomic mass is 16.5. The van der Waals surface area contributed by atoms with Crippen LogP contribution < -0.4 is 5.32 Å². The van der Waals surface area contributed by atoms with Gasteiger partial charge in [-0.3, -0.25) is 4.98 Å². The number of pyridine rings is 1. The van der Waals surface area contributed by atoms with E-state index in [0.717, 1.165) is 24.5 Å². The van der Waals surface area contributed by atoms with Gasteiger partial charge < -0.3 is 10.1 Å². The summed E-state index contributed by atoms with van der Waals surface area (Å²) in [6.07, 6.45) is 0. The highest BCUT2D eigenvalue weighted by Gasteiger charge is 2.00. The van der Waals surface area contributed by atoms with Gasteiger partial charge in [-0.15, -0.1) is 0 Å². The van der Waals surface area contributed by atoms with Gasteiger partial charge in [0.2, 0.25) is 0 Å². The molecule has 0 saturated heterocycles. The largest absolute Gasteiger partial charge is 0.370 e. The fourth-order valence-corrected chi connectivity index (χ4v) is 2.04. The molecule has 0 fully saturated rings. The molecule has 1 N–H and O–H groups in total. The third-order valence-corrected chi connectivity index (χ3v) is 3.08. The zero-order chi connectivity index (χ0) is 14.9. The van der Waals surface area contributed by atoms with E-state index in [1.807, 2.05) is 36.4 Å². The number of hydrogen-bond acceptors (Lipinski definition) is 3. The van der Waals surface area contributed by atoms with E-state index in [2.05, 4.69) is 36.3 Å². The van der Waals surface area contributed by atoms with Crippen molar-refractivity contribution in [2.45, 2.75) is 33.6 Å². The molecule has 0 amide bonds. The van der Waals surface area contributed by atoms with Crippen LogP contribution in [0.3, 0.4) is 0 Å². The second-order valence-electron chi connectivity index (χ2n) is 5.62. The molecule has 1 aromatic carbocycles. The maximum absolute atomic E-state index is 5.72. The van der Waals surface area contributed by atoms with Crippen molar-refractivity contribution in [3.8, 4) is 0 Å². The average molecular weight is 284 g/mol. The summed E-state index contributed by atoms with van der Waals surface area (Å²) in [6.45, 7) is 7.40. The van der Waals surface area contributed by atoms with E-state index in [1.165, 1.54) is 5.56 Å². The predicted octanol–water partition coefficient (Wildman–Crippen LogP) is 3.54. The van der Waals surface area contributed by atoms with Crippen molar-refractivity contribution >= 4 is 0 Å². The van der Waals surface area contributed by atoms with Crippen LogP contribution in [0.25, 0.3) is 0 Å². The number of rotatable bonds is 8. The minimum absolute atomic E-state index is 0.549. The Balaban J connectivity index is 1.78. The van der Waals surface area contributed by atoms with E-state index in [1.54, 1.807) is 0 Å². The third-order valence-electron chi connectivity index (χ3n) is 3.08. The van der Waals surface area contributed by atoms with Crippen LogP contribution in [0.2, 0.25) is 0 Å². The van der Waals surface area contributed by atoms with Crippen LogP contribution in [-0.2, 0) is 24.5 Å². The number of aromatic nitrogens is 1. The van der Waals surface area contributed by atoms with Gasteiger partial charge in [-0.1, -0.05) is 50.2 Å². The quantitative estimate of drug-likeness (QED) is 0.805. The number of nitrogens with zero attached hydrogens (tertiary/aromatic N) is 1. The molecule has 0 unspecified atom stereocenters. The smallest absolute Gasteiger partial charge is 0.0892 e. The van der Waals surface area contributed by atoms with Crippen molar-refractivity contribution < 1.29 is 4.74 Å². The molecule has 1 aromatic heterocycles. The molecule has 0 radical (unpaired) electrons. The van der Waals surface area contributed by atoms with Gasteiger partial charge in [0.05, 0.1) is 24.6 Å². The Kier molecular flexibility index (Phi) is 6.38. The first-order chi connectivity index (χ1) is 10.2. The lowest BCUT2D eigenvalue weighted by Crippen LogP contribution is -2.19. The van der Waals surface area contributed by atoms with Crippen LogP contribution in [0.4, 0.5) is 0 Å². The summed E-state index contributed by atoms with van der Waals surface area (Å²) in [5.74, 6) is 0.655. The summed E-state index contributed by atoms with van der Waals surface area (Å²) >= 11 is 0. The second kappa shape index (κ2) is 8.55. The molecule has 3 heteroatoms. The molecule has 112 valence electrons. The van der Waals surface area contributed by atoms with Crippen molar-refractivity contribution in [1.82, 2.24) is 10.3 Å². The Morgan fingerprint density at radius 3 is 2.48 bits per heavy atom. The first kappa shape index (κ1) is 15.7. The Morgan fingerprint density at radius 2 is 1.71 bits per heavy atom. The van der Waals surface area contributed by atoms with Gasteiger partial charge in [-0.25, -0.2) is 0 Å². The molecule has 1 heterocycles. The lowest BCUT2D eigenvalue weighted by molar-refractivity contribution is 0.104. The number of benzene rings is 1. The maximum atomic E-state index is 5.72. The van der Waals surface area contributed by atoms with Crippen LogP contribution in [0.5, 0.6) is 0 Å². The van der Waals surface area contributed by atoms with E-state index in [4.69, 9.17) is 4.74 Å². The third kappa shape index (κ3) is 6.06. The summed E-state index contributed by atoms with van der Waals surface area (Å²) in [4.78, 5) is 4.61. The molecule has 0 aliphatic carbocycles. The van der Waals surface area contributed by atoms with Gasteiger partial charge in [-0.2, -0.15) is 0 Å². The molecular formula is C18H24N2O. The summed E-state index contributed by atoms with van der Waals surface area (Å²) in [5, 5.41) is 3.41. The molecule has 0 spiro atoms. The highest BCUT2D eigenvalue weighted by molar-refractivity contribution is 5.14. The SMILES string of the molecule is CC(C)CNCc1cccc(COCc2ccccc2)n1. The van der Waals surface area contributed by atoms with Gasteiger partial charge in [0, 0.05) is 6.54 Å². The molecule has 0 atom stereocenters. The number of nitrogens with one attached hydrogen (secondary N) is 1. The summed E-state index contributed by atoms with van der Waals surface area (Å²) < 4.78 is 5.72. The Hall–Kier alpha value is -1.71. The minimum atomic E-state index is 0.549. The fourth-order valence-electron chi connectivity index (χ4n) is 2.04. The van der Waals surface area contributed by atoms with Crippen molar-refractivity contribution in [3.05, 3.63) is 65.5 Å². The molecule has 0 saturated carbocycles. The fraction of sp³-hybridized carbons (Fsp3) is 0.389. The Labute approximate surface area is 127 Å². The van der Waals surface area contributed by atoms with Gasteiger partial charge in [0.1, 0.15) is 0 Å². The van der Waals surface area contributed by atoms with E-state index in [0.29, 0.717) is 19.1 Å². The molecular weight excluding hydrogens is 260 g/mol. The van der Waals surface area contributed by atoms with Gasteiger partial charge in [-0.05, 0) is 30.2 Å². The molecule has 0 aliphatic rings. The summed E-state index contributed by atoms with van der Waals surface area (Å²) in [7, 11) is 0. The second-order valence-corrected chi connectivity index (χ2v) is 5.62. The molecule has 21 heavy (non-hydrogen) atoms. The zero-order valence-corrected chi connectivity index (χ0v) is 12.9. The van der Waals surface area contributed by atoms with E-state index >= 15 is 0 Å². The summed E-state index contributed by atoms with van der Waals surface area (Å²) in [5.41, 5.74) is 3.23. The van der Waals surface area contributed by atoms with E-state index < -0.39 is 0 Å². The molecule has 2 rings (SSSR count). The van der Waals surface area contributed by atoms with Crippen LogP contribution in [0.15, 0.2) is 48.5 Å². The Morgan fingerprint density at radius 1 is 0.952 bits per heavy atom. The standard InChI is InChI=1S/C18H24N2O/c1-15(2)11-19-12-17-9-6-10-18(20-17)14-21-13-16-7-4-3-5-8-16/h3-10,15,19H,11-14H2,1-2H3.